The number of carbonyl (C=O) groups is 2. The van der Waals surface area contributed by atoms with E-state index in [1.54, 1.807) is 9.80 Å². The molecule has 1 fully saturated rings. The van der Waals surface area contributed by atoms with Gasteiger partial charge in [0.05, 0.1) is 0 Å². The van der Waals surface area contributed by atoms with Gasteiger partial charge in [0.15, 0.2) is 0 Å². The van der Waals surface area contributed by atoms with Gasteiger partial charge in [0.2, 0.25) is 5.91 Å². The summed E-state index contributed by atoms with van der Waals surface area (Å²) in [7, 11) is 0. The molecule has 1 aliphatic rings. The van der Waals surface area contributed by atoms with E-state index < -0.39 is 0 Å². The first-order valence-corrected chi connectivity index (χ1v) is 9.49. The van der Waals surface area contributed by atoms with E-state index in [9.17, 15) is 9.59 Å². The van der Waals surface area contributed by atoms with Crippen LogP contribution in [0.15, 0.2) is 54.6 Å². The number of nitrogens with one attached hydrogen (secondary N) is 1. The molecular formula is C22H27N3O2. The molecule has 1 heterocycles. The van der Waals surface area contributed by atoms with Gasteiger partial charge in [-0.3, -0.25) is 9.69 Å². The van der Waals surface area contributed by atoms with Crippen molar-refractivity contribution in [1.82, 2.24) is 10.2 Å². The van der Waals surface area contributed by atoms with E-state index in [1.165, 1.54) is 5.56 Å². The highest BCUT2D eigenvalue weighted by Crippen LogP contribution is 2.20. The van der Waals surface area contributed by atoms with Gasteiger partial charge in [-0.05, 0) is 44.4 Å². The van der Waals surface area contributed by atoms with Crippen LogP contribution in [0, 0.1) is 6.92 Å². The number of carbonyl (C=O) groups excluding carboxylic acids is 2. The predicted molar refractivity (Wildman–Crippen MR) is 108 cm³/mol. The van der Waals surface area contributed by atoms with E-state index in [1.807, 2.05) is 56.3 Å². The molecule has 2 aromatic carbocycles. The van der Waals surface area contributed by atoms with Crippen LogP contribution < -0.4 is 10.2 Å². The van der Waals surface area contributed by atoms with Crippen LogP contribution in [0.25, 0.3) is 0 Å². The molecule has 0 saturated carbocycles. The van der Waals surface area contributed by atoms with Crippen LogP contribution in [0.4, 0.5) is 10.5 Å². The third-order valence-corrected chi connectivity index (χ3v) is 4.89. The molecule has 27 heavy (non-hydrogen) atoms. The number of aryl methyl sites for hydroxylation is 2. The maximum atomic E-state index is 12.6. The van der Waals surface area contributed by atoms with Gasteiger partial charge in [-0.2, -0.15) is 0 Å². The van der Waals surface area contributed by atoms with Crippen molar-refractivity contribution in [3.63, 3.8) is 0 Å². The van der Waals surface area contributed by atoms with Crippen LogP contribution in [0.5, 0.6) is 0 Å². The number of urea groups is 1. The van der Waals surface area contributed by atoms with Crippen molar-refractivity contribution in [3.05, 3.63) is 65.7 Å². The van der Waals surface area contributed by atoms with Crippen molar-refractivity contribution in [2.24, 2.45) is 0 Å². The van der Waals surface area contributed by atoms with Gasteiger partial charge in [0.25, 0.3) is 0 Å². The summed E-state index contributed by atoms with van der Waals surface area (Å²) in [5.41, 5.74) is 3.30. The van der Waals surface area contributed by atoms with E-state index >= 15 is 0 Å². The Labute approximate surface area is 161 Å². The molecule has 3 amide bonds. The standard InChI is InChI=1S/C22H27N3O2/c1-17-8-12-20(13-9-17)25-15-14-24(22(25)27)16-21(26)23-18(2)10-11-19-6-4-3-5-7-19/h3-9,12-13,18H,10-11,14-16H2,1-2H3,(H,23,26). The number of rotatable bonds is 7. The minimum Gasteiger partial charge on any atom is -0.352 e. The first-order chi connectivity index (χ1) is 13.0. The Morgan fingerprint density at radius 3 is 2.48 bits per heavy atom. The van der Waals surface area contributed by atoms with Crippen LogP contribution in [0.1, 0.15) is 24.5 Å². The lowest BCUT2D eigenvalue weighted by Gasteiger charge is -2.20. The predicted octanol–water partition coefficient (Wildman–Crippen LogP) is 3.37. The van der Waals surface area contributed by atoms with Crippen molar-refractivity contribution in [3.8, 4) is 0 Å². The quantitative estimate of drug-likeness (QED) is 0.818. The summed E-state index contributed by atoms with van der Waals surface area (Å²) in [4.78, 5) is 28.3. The summed E-state index contributed by atoms with van der Waals surface area (Å²) in [5.74, 6) is -0.102. The first kappa shape index (κ1) is 19.0. The monoisotopic (exact) mass is 365 g/mol. The molecule has 1 N–H and O–H groups in total. The Morgan fingerprint density at radius 1 is 1.07 bits per heavy atom. The van der Waals surface area contributed by atoms with Crippen molar-refractivity contribution in [1.29, 1.82) is 0 Å². The fourth-order valence-corrected chi connectivity index (χ4v) is 3.29. The second kappa shape index (κ2) is 8.71. The summed E-state index contributed by atoms with van der Waals surface area (Å²) in [6.07, 6.45) is 1.80. The molecule has 0 aromatic heterocycles. The minimum absolute atomic E-state index is 0.0728. The zero-order chi connectivity index (χ0) is 19.2. The summed E-state index contributed by atoms with van der Waals surface area (Å²) in [6.45, 7) is 5.31. The zero-order valence-corrected chi connectivity index (χ0v) is 16.0. The highest BCUT2D eigenvalue weighted by Gasteiger charge is 2.30. The number of hydrogen-bond acceptors (Lipinski definition) is 2. The molecule has 5 heteroatoms. The fourth-order valence-electron chi connectivity index (χ4n) is 3.29. The van der Waals surface area contributed by atoms with E-state index in [-0.39, 0.29) is 24.5 Å². The SMILES string of the molecule is Cc1ccc(N2CCN(CC(=O)NC(C)CCc3ccccc3)C2=O)cc1. The minimum atomic E-state index is -0.106. The second-order valence-corrected chi connectivity index (χ2v) is 7.18. The molecular weight excluding hydrogens is 338 g/mol. The molecule has 1 unspecified atom stereocenters. The Morgan fingerprint density at radius 2 is 1.78 bits per heavy atom. The van der Waals surface area contributed by atoms with Crippen molar-refractivity contribution >= 4 is 17.6 Å². The highest BCUT2D eigenvalue weighted by atomic mass is 16.2. The fraction of sp³-hybridized carbons (Fsp3) is 0.364. The highest BCUT2D eigenvalue weighted by molar-refractivity contribution is 5.96. The average molecular weight is 365 g/mol. The molecule has 1 aliphatic heterocycles. The third kappa shape index (κ3) is 5.09. The molecule has 5 nitrogen and oxygen atoms in total. The molecule has 0 spiro atoms. The lowest BCUT2D eigenvalue weighted by atomic mass is 10.1. The van der Waals surface area contributed by atoms with Gasteiger partial charge in [-0.1, -0.05) is 48.0 Å². The topological polar surface area (TPSA) is 52.6 Å². The molecule has 0 bridgehead atoms. The van der Waals surface area contributed by atoms with Gasteiger partial charge in [0, 0.05) is 24.8 Å². The van der Waals surface area contributed by atoms with Crippen molar-refractivity contribution < 1.29 is 9.59 Å². The maximum Gasteiger partial charge on any atom is 0.325 e. The Balaban J connectivity index is 1.46. The van der Waals surface area contributed by atoms with Crippen molar-refractivity contribution in [2.45, 2.75) is 32.7 Å². The van der Waals surface area contributed by atoms with Gasteiger partial charge in [-0.15, -0.1) is 0 Å². The lowest BCUT2D eigenvalue weighted by molar-refractivity contribution is -0.122. The van der Waals surface area contributed by atoms with Crippen LogP contribution >= 0.6 is 0 Å². The third-order valence-electron chi connectivity index (χ3n) is 4.89. The lowest BCUT2D eigenvalue weighted by Crippen LogP contribution is -2.42. The molecule has 3 rings (SSSR count). The van der Waals surface area contributed by atoms with Crippen molar-refractivity contribution in [2.75, 3.05) is 24.5 Å². The number of amides is 3. The summed E-state index contributed by atoms with van der Waals surface area (Å²) < 4.78 is 0. The van der Waals surface area contributed by atoms with Crippen LogP contribution in [0.2, 0.25) is 0 Å². The average Bonchev–Trinajstić information content (AvgIpc) is 3.02. The smallest absolute Gasteiger partial charge is 0.325 e. The first-order valence-electron chi connectivity index (χ1n) is 9.49. The van der Waals surface area contributed by atoms with Gasteiger partial charge >= 0.3 is 6.03 Å². The molecule has 0 aliphatic carbocycles. The molecule has 2 aromatic rings. The van der Waals surface area contributed by atoms with Gasteiger partial charge in [-0.25, -0.2) is 4.79 Å². The van der Waals surface area contributed by atoms with E-state index in [0.29, 0.717) is 13.1 Å². The largest absolute Gasteiger partial charge is 0.352 e. The summed E-state index contributed by atoms with van der Waals surface area (Å²) in [5, 5.41) is 3.01. The van der Waals surface area contributed by atoms with Gasteiger partial charge < -0.3 is 10.2 Å². The Bertz CT molecular complexity index is 774. The van der Waals surface area contributed by atoms with Crippen LogP contribution in [-0.2, 0) is 11.2 Å². The molecule has 1 atom stereocenters. The molecule has 142 valence electrons. The van der Waals surface area contributed by atoms with Gasteiger partial charge in [0.1, 0.15) is 6.54 Å². The summed E-state index contributed by atoms with van der Waals surface area (Å²) >= 11 is 0. The Kier molecular flexibility index (Phi) is 6.12. The van der Waals surface area contributed by atoms with E-state index in [0.717, 1.165) is 24.1 Å². The second-order valence-electron chi connectivity index (χ2n) is 7.18. The number of benzene rings is 2. The van der Waals surface area contributed by atoms with E-state index in [2.05, 4.69) is 17.4 Å². The molecule has 1 saturated heterocycles. The number of nitrogens with zero attached hydrogens (tertiary/aromatic N) is 2. The number of hydrogen-bond donors (Lipinski definition) is 1. The zero-order valence-electron chi connectivity index (χ0n) is 16.0. The maximum absolute atomic E-state index is 12.6. The molecule has 0 radical (unpaired) electrons. The summed E-state index contributed by atoms with van der Waals surface area (Å²) in [6, 6.07) is 18.1. The normalized spacial score (nSPS) is 15.1. The van der Waals surface area contributed by atoms with Crippen LogP contribution in [0.3, 0.4) is 0 Å². The Hall–Kier alpha value is -2.82. The van der Waals surface area contributed by atoms with E-state index in [4.69, 9.17) is 0 Å². The number of anilines is 1. The van der Waals surface area contributed by atoms with Crippen LogP contribution in [-0.4, -0.2) is 42.5 Å².